The largest absolute Gasteiger partial charge is 0.496 e. The molecule has 1 saturated heterocycles. The van der Waals surface area contributed by atoms with Crippen molar-refractivity contribution in [3.8, 4) is 5.75 Å². The molecule has 26 heavy (non-hydrogen) atoms. The van der Waals surface area contributed by atoms with Gasteiger partial charge in [-0.15, -0.1) is 0 Å². The second-order valence-corrected chi connectivity index (χ2v) is 7.06. The van der Waals surface area contributed by atoms with Gasteiger partial charge in [-0.3, -0.25) is 4.79 Å². The van der Waals surface area contributed by atoms with Crippen molar-refractivity contribution in [2.24, 2.45) is 0 Å². The molecule has 1 aliphatic heterocycles. The lowest BCUT2D eigenvalue weighted by Crippen LogP contribution is -2.42. The Labute approximate surface area is 159 Å². The summed E-state index contributed by atoms with van der Waals surface area (Å²) in [5, 5.41) is 3.93. The molecule has 0 saturated carbocycles. The van der Waals surface area contributed by atoms with Gasteiger partial charge >= 0.3 is 0 Å². The quantitative estimate of drug-likeness (QED) is 0.796. The van der Waals surface area contributed by atoms with E-state index in [0.29, 0.717) is 41.2 Å². The lowest BCUT2D eigenvalue weighted by atomic mass is 10.0. The molecule has 2 aromatic rings. The molecule has 3 rings (SSSR count). The van der Waals surface area contributed by atoms with Gasteiger partial charge in [0, 0.05) is 30.9 Å². The zero-order valence-electron chi connectivity index (χ0n) is 15.1. The van der Waals surface area contributed by atoms with E-state index in [2.05, 4.69) is 30.4 Å². The molecule has 0 aliphatic carbocycles. The highest BCUT2D eigenvalue weighted by molar-refractivity contribution is 6.33. The maximum atomic E-state index is 12.9. The second kappa shape index (κ2) is 7.87. The molecule has 138 valence electrons. The number of methoxy groups -OCH3 is 1. The maximum Gasteiger partial charge on any atom is 0.257 e. The average molecular weight is 374 g/mol. The van der Waals surface area contributed by atoms with Crippen LogP contribution in [0.4, 0.5) is 11.4 Å². The molecular formula is C20H24ClN3O2. The number of anilines is 2. The van der Waals surface area contributed by atoms with Crippen LogP contribution in [0, 0.1) is 6.92 Å². The number of piperidine rings is 1. The van der Waals surface area contributed by atoms with Gasteiger partial charge in [0.1, 0.15) is 5.75 Å². The predicted octanol–water partition coefficient (Wildman–Crippen LogP) is 3.96. The van der Waals surface area contributed by atoms with Crippen molar-refractivity contribution in [2.75, 3.05) is 31.2 Å². The summed E-state index contributed by atoms with van der Waals surface area (Å²) in [5.41, 5.74) is 9.02. The van der Waals surface area contributed by atoms with E-state index in [0.717, 1.165) is 18.5 Å². The maximum absolute atomic E-state index is 12.9. The molecule has 1 aliphatic rings. The summed E-state index contributed by atoms with van der Waals surface area (Å²) in [5.74, 6) is 0.384. The first-order valence-corrected chi connectivity index (χ1v) is 9.11. The Hall–Kier alpha value is -2.40. The van der Waals surface area contributed by atoms with Crippen LogP contribution in [-0.2, 0) is 0 Å². The minimum absolute atomic E-state index is 0.0715. The number of carbonyl (C=O) groups excluding carboxylic acids is 1. The van der Waals surface area contributed by atoms with Crippen LogP contribution in [0.1, 0.15) is 28.8 Å². The van der Waals surface area contributed by atoms with Crippen LogP contribution in [0.5, 0.6) is 5.75 Å². The van der Waals surface area contributed by atoms with Crippen LogP contribution in [-0.4, -0.2) is 37.0 Å². The Balaban J connectivity index is 1.64. The third-order valence-corrected chi connectivity index (χ3v) is 5.05. The van der Waals surface area contributed by atoms with Gasteiger partial charge in [-0.2, -0.15) is 0 Å². The normalized spacial score (nSPS) is 15.0. The number of hydrogen-bond acceptors (Lipinski definition) is 4. The number of amides is 1. The van der Waals surface area contributed by atoms with Crippen LogP contribution >= 0.6 is 11.6 Å². The van der Waals surface area contributed by atoms with Crippen molar-refractivity contribution in [3.63, 3.8) is 0 Å². The van der Waals surface area contributed by atoms with Crippen LogP contribution in [0.25, 0.3) is 0 Å². The van der Waals surface area contributed by atoms with E-state index in [1.165, 1.54) is 12.7 Å². The SMILES string of the molecule is COc1cc(N)c(Cl)cc1C(=O)N1CCC(Nc2cccc(C)c2)CC1. The number of nitrogens with two attached hydrogens (primary N) is 1. The zero-order chi connectivity index (χ0) is 18.7. The second-order valence-electron chi connectivity index (χ2n) is 6.65. The molecule has 1 amide bonds. The predicted molar refractivity (Wildman–Crippen MR) is 106 cm³/mol. The van der Waals surface area contributed by atoms with Gasteiger partial charge in [0.2, 0.25) is 0 Å². The van der Waals surface area contributed by atoms with Crippen molar-refractivity contribution in [2.45, 2.75) is 25.8 Å². The van der Waals surface area contributed by atoms with E-state index >= 15 is 0 Å². The number of nitrogens with one attached hydrogen (secondary N) is 1. The third kappa shape index (κ3) is 4.05. The van der Waals surface area contributed by atoms with Crippen molar-refractivity contribution in [1.82, 2.24) is 4.90 Å². The molecule has 0 atom stereocenters. The number of carbonyl (C=O) groups is 1. The van der Waals surface area contributed by atoms with E-state index in [9.17, 15) is 4.79 Å². The number of likely N-dealkylation sites (tertiary alicyclic amines) is 1. The molecular weight excluding hydrogens is 350 g/mol. The lowest BCUT2D eigenvalue weighted by Gasteiger charge is -2.33. The first-order valence-electron chi connectivity index (χ1n) is 8.73. The van der Waals surface area contributed by atoms with Gasteiger partial charge < -0.3 is 20.7 Å². The highest BCUT2D eigenvalue weighted by atomic mass is 35.5. The molecule has 5 nitrogen and oxygen atoms in total. The third-order valence-electron chi connectivity index (χ3n) is 4.72. The monoisotopic (exact) mass is 373 g/mol. The summed E-state index contributed by atoms with van der Waals surface area (Å²) in [6.45, 7) is 3.46. The number of rotatable bonds is 4. The Morgan fingerprint density at radius 3 is 2.65 bits per heavy atom. The fourth-order valence-corrected chi connectivity index (χ4v) is 3.44. The fourth-order valence-electron chi connectivity index (χ4n) is 3.27. The van der Waals surface area contributed by atoms with Gasteiger partial charge in [0.25, 0.3) is 5.91 Å². The van der Waals surface area contributed by atoms with E-state index < -0.39 is 0 Å². The van der Waals surface area contributed by atoms with Gasteiger partial charge in [0.15, 0.2) is 0 Å². The van der Waals surface area contributed by atoms with Crippen LogP contribution < -0.4 is 15.8 Å². The number of ether oxygens (including phenoxy) is 1. The van der Waals surface area contributed by atoms with Gasteiger partial charge in [-0.05, 0) is 43.5 Å². The summed E-state index contributed by atoms with van der Waals surface area (Å²) < 4.78 is 5.31. The summed E-state index contributed by atoms with van der Waals surface area (Å²) >= 11 is 6.09. The Bertz CT molecular complexity index is 802. The summed E-state index contributed by atoms with van der Waals surface area (Å²) in [4.78, 5) is 14.7. The summed E-state index contributed by atoms with van der Waals surface area (Å²) in [6, 6.07) is 11.9. The van der Waals surface area contributed by atoms with Crippen molar-refractivity contribution >= 4 is 28.9 Å². The molecule has 2 aromatic carbocycles. The molecule has 0 aromatic heterocycles. The minimum atomic E-state index is -0.0715. The van der Waals surface area contributed by atoms with E-state index in [1.54, 1.807) is 12.1 Å². The smallest absolute Gasteiger partial charge is 0.257 e. The van der Waals surface area contributed by atoms with Gasteiger partial charge in [0.05, 0.1) is 23.4 Å². The average Bonchev–Trinajstić information content (AvgIpc) is 2.63. The number of hydrogen-bond donors (Lipinski definition) is 2. The highest BCUT2D eigenvalue weighted by Gasteiger charge is 2.26. The number of nitrogens with zero attached hydrogens (tertiary/aromatic N) is 1. The van der Waals surface area contributed by atoms with Crippen molar-refractivity contribution in [1.29, 1.82) is 0 Å². The highest BCUT2D eigenvalue weighted by Crippen LogP contribution is 2.30. The summed E-state index contributed by atoms with van der Waals surface area (Å²) in [6.07, 6.45) is 1.79. The number of aryl methyl sites for hydroxylation is 1. The van der Waals surface area contributed by atoms with E-state index in [-0.39, 0.29) is 5.91 Å². The van der Waals surface area contributed by atoms with Gasteiger partial charge in [-0.1, -0.05) is 23.7 Å². The first-order chi connectivity index (χ1) is 12.5. The number of benzene rings is 2. The van der Waals surface area contributed by atoms with Crippen LogP contribution in [0.15, 0.2) is 36.4 Å². The molecule has 0 radical (unpaired) electrons. The molecule has 6 heteroatoms. The van der Waals surface area contributed by atoms with Crippen LogP contribution in [0.3, 0.4) is 0 Å². The molecule has 0 bridgehead atoms. The standard InChI is InChI=1S/C20H24ClN3O2/c1-13-4-3-5-15(10-13)23-14-6-8-24(9-7-14)20(25)16-11-17(21)18(22)12-19(16)26-2/h3-5,10-12,14,23H,6-9,22H2,1-2H3. The fraction of sp³-hybridized carbons (Fsp3) is 0.350. The Kier molecular flexibility index (Phi) is 5.57. The summed E-state index contributed by atoms with van der Waals surface area (Å²) in [7, 11) is 1.53. The zero-order valence-corrected chi connectivity index (χ0v) is 15.8. The molecule has 3 N–H and O–H groups in total. The van der Waals surface area contributed by atoms with E-state index in [4.69, 9.17) is 22.1 Å². The molecule has 1 fully saturated rings. The Morgan fingerprint density at radius 1 is 1.27 bits per heavy atom. The molecule has 0 unspecified atom stereocenters. The van der Waals surface area contributed by atoms with Crippen LogP contribution in [0.2, 0.25) is 5.02 Å². The van der Waals surface area contributed by atoms with E-state index in [1.807, 2.05) is 11.0 Å². The minimum Gasteiger partial charge on any atom is -0.496 e. The van der Waals surface area contributed by atoms with Crippen molar-refractivity contribution in [3.05, 3.63) is 52.5 Å². The first kappa shape index (κ1) is 18.4. The van der Waals surface area contributed by atoms with Gasteiger partial charge in [-0.25, -0.2) is 0 Å². The Morgan fingerprint density at radius 2 is 2.00 bits per heavy atom. The molecule has 0 spiro atoms. The number of halogens is 1. The number of nitrogen functional groups attached to an aromatic ring is 1. The lowest BCUT2D eigenvalue weighted by molar-refractivity contribution is 0.0715. The topological polar surface area (TPSA) is 67.6 Å². The molecule has 1 heterocycles. The van der Waals surface area contributed by atoms with Crippen molar-refractivity contribution < 1.29 is 9.53 Å².